The second-order valence-electron chi connectivity index (χ2n) is 3.62. The molecule has 8 heteroatoms. The number of anilines is 2. The van der Waals surface area contributed by atoms with Crippen molar-refractivity contribution in [2.45, 2.75) is 4.90 Å². The number of pyridine rings is 1. The molecule has 0 amide bonds. The molecule has 1 heterocycles. The highest BCUT2D eigenvalue weighted by molar-refractivity contribution is 9.10. The molecule has 3 N–H and O–H groups in total. The van der Waals surface area contributed by atoms with E-state index < -0.39 is 15.8 Å². The minimum absolute atomic E-state index is 0.101. The van der Waals surface area contributed by atoms with Crippen LogP contribution in [0.3, 0.4) is 0 Å². The fraction of sp³-hybridized carbons (Fsp3) is 0. The van der Waals surface area contributed by atoms with Gasteiger partial charge in [-0.3, -0.25) is 4.72 Å². The Labute approximate surface area is 117 Å². The van der Waals surface area contributed by atoms with Crippen molar-refractivity contribution in [2.24, 2.45) is 0 Å². The summed E-state index contributed by atoms with van der Waals surface area (Å²) in [5.41, 5.74) is 5.60. The number of hydrogen-bond acceptors (Lipinski definition) is 4. The molecule has 2 rings (SSSR count). The molecule has 0 aliphatic rings. The largest absolute Gasteiger partial charge is 0.383 e. The van der Waals surface area contributed by atoms with Crippen LogP contribution in [0.2, 0.25) is 0 Å². The van der Waals surface area contributed by atoms with E-state index in [0.717, 1.165) is 6.07 Å². The zero-order chi connectivity index (χ0) is 14.0. The summed E-state index contributed by atoms with van der Waals surface area (Å²) in [6, 6.07) is 6.66. The van der Waals surface area contributed by atoms with Crippen LogP contribution in [-0.2, 0) is 10.0 Å². The molecule has 0 atom stereocenters. The van der Waals surface area contributed by atoms with Gasteiger partial charge in [0.05, 0.1) is 10.2 Å². The third-order valence-corrected chi connectivity index (χ3v) is 4.33. The maximum absolute atomic E-state index is 13.3. The average molecular weight is 346 g/mol. The molecule has 0 saturated carbocycles. The van der Waals surface area contributed by atoms with E-state index in [4.69, 9.17) is 5.73 Å². The first-order valence-corrected chi connectivity index (χ1v) is 7.36. The van der Waals surface area contributed by atoms with Crippen molar-refractivity contribution < 1.29 is 12.8 Å². The lowest BCUT2D eigenvalue weighted by Crippen LogP contribution is -2.15. The monoisotopic (exact) mass is 345 g/mol. The van der Waals surface area contributed by atoms with Gasteiger partial charge in [-0.05, 0) is 46.3 Å². The molecule has 0 bridgehead atoms. The number of nitrogens with two attached hydrogens (primary N) is 1. The van der Waals surface area contributed by atoms with Gasteiger partial charge < -0.3 is 5.73 Å². The van der Waals surface area contributed by atoms with Crippen molar-refractivity contribution >= 4 is 37.5 Å². The molecular formula is C11H9BrFN3O2S. The first-order chi connectivity index (χ1) is 8.90. The molecule has 1 aromatic heterocycles. The third kappa shape index (κ3) is 3.02. The van der Waals surface area contributed by atoms with Crippen molar-refractivity contribution in [1.82, 2.24) is 4.98 Å². The average Bonchev–Trinajstić information content (AvgIpc) is 2.34. The van der Waals surface area contributed by atoms with Gasteiger partial charge in [0.25, 0.3) is 10.0 Å². The van der Waals surface area contributed by atoms with Crippen LogP contribution in [0.25, 0.3) is 0 Å². The molecule has 0 spiro atoms. The zero-order valence-electron chi connectivity index (χ0n) is 9.47. The Bertz CT molecular complexity index is 722. The Morgan fingerprint density at radius 3 is 2.68 bits per heavy atom. The van der Waals surface area contributed by atoms with Crippen molar-refractivity contribution in [3.63, 3.8) is 0 Å². The molecule has 0 saturated heterocycles. The number of rotatable bonds is 3. The molecule has 0 aliphatic heterocycles. The van der Waals surface area contributed by atoms with E-state index in [1.165, 1.54) is 30.5 Å². The van der Waals surface area contributed by atoms with Gasteiger partial charge in [0.2, 0.25) is 0 Å². The molecule has 0 aliphatic carbocycles. The fourth-order valence-electron chi connectivity index (χ4n) is 1.40. The summed E-state index contributed by atoms with van der Waals surface area (Å²) in [5.74, 6) is -0.688. The Morgan fingerprint density at radius 1 is 1.32 bits per heavy atom. The van der Waals surface area contributed by atoms with Crippen LogP contribution in [0.1, 0.15) is 0 Å². The van der Waals surface area contributed by atoms with Gasteiger partial charge in [-0.2, -0.15) is 0 Å². The molecule has 0 fully saturated rings. The van der Waals surface area contributed by atoms with Gasteiger partial charge in [0, 0.05) is 6.20 Å². The summed E-state index contributed by atoms with van der Waals surface area (Å²) in [5, 5.41) is 0. The molecular weight excluding hydrogens is 337 g/mol. The van der Waals surface area contributed by atoms with Crippen molar-refractivity contribution in [3.8, 4) is 0 Å². The van der Waals surface area contributed by atoms with E-state index in [1.54, 1.807) is 0 Å². The number of nitrogen functional groups attached to an aromatic ring is 1. The number of hydrogen-bond donors (Lipinski definition) is 2. The second kappa shape index (κ2) is 5.14. The summed E-state index contributed by atoms with van der Waals surface area (Å²) in [4.78, 5) is 3.54. The van der Waals surface area contributed by atoms with Crippen LogP contribution in [0.5, 0.6) is 0 Å². The van der Waals surface area contributed by atoms with Crippen LogP contribution in [0.15, 0.2) is 45.9 Å². The first-order valence-electron chi connectivity index (χ1n) is 5.08. The van der Waals surface area contributed by atoms with Crippen LogP contribution < -0.4 is 10.5 Å². The number of sulfonamides is 1. The molecule has 100 valence electrons. The van der Waals surface area contributed by atoms with Gasteiger partial charge in [-0.25, -0.2) is 17.8 Å². The fourth-order valence-corrected chi connectivity index (χ4v) is 2.78. The summed E-state index contributed by atoms with van der Waals surface area (Å²) in [6.45, 7) is 0. The van der Waals surface area contributed by atoms with Gasteiger partial charge in [-0.15, -0.1) is 0 Å². The summed E-state index contributed by atoms with van der Waals surface area (Å²) < 4.78 is 39.9. The highest BCUT2D eigenvalue weighted by Crippen LogP contribution is 2.23. The van der Waals surface area contributed by atoms with E-state index in [0.29, 0.717) is 0 Å². The van der Waals surface area contributed by atoms with Gasteiger partial charge in [0.15, 0.2) is 0 Å². The topological polar surface area (TPSA) is 85.1 Å². The number of nitrogens with one attached hydrogen (secondary N) is 1. The lowest BCUT2D eigenvalue weighted by atomic mass is 10.3. The highest BCUT2D eigenvalue weighted by Gasteiger charge is 2.18. The smallest absolute Gasteiger partial charge is 0.265 e. The van der Waals surface area contributed by atoms with E-state index in [9.17, 15) is 12.8 Å². The summed E-state index contributed by atoms with van der Waals surface area (Å²) >= 11 is 2.98. The van der Waals surface area contributed by atoms with Crippen molar-refractivity contribution in [2.75, 3.05) is 10.5 Å². The molecule has 19 heavy (non-hydrogen) atoms. The standard InChI is InChI=1S/C11H9BrFN3O2S/c12-8-4-3-7(6-9(8)13)16-19(17,18)10-2-1-5-15-11(10)14/h1-6,16H,(H2,14,15). The Kier molecular flexibility index (Phi) is 3.72. The quantitative estimate of drug-likeness (QED) is 0.894. The lowest BCUT2D eigenvalue weighted by Gasteiger charge is -2.09. The van der Waals surface area contributed by atoms with Crippen LogP contribution >= 0.6 is 15.9 Å². The Hall–Kier alpha value is -1.67. The summed E-state index contributed by atoms with van der Waals surface area (Å²) in [6.07, 6.45) is 1.38. The molecule has 5 nitrogen and oxygen atoms in total. The first kappa shape index (κ1) is 13.8. The predicted octanol–water partition coefficient (Wildman–Crippen LogP) is 2.37. The highest BCUT2D eigenvalue weighted by atomic mass is 79.9. The maximum atomic E-state index is 13.3. The number of benzene rings is 1. The summed E-state index contributed by atoms with van der Waals surface area (Å²) in [7, 11) is -3.89. The van der Waals surface area contributed by atoms with E-state index in [2.05, 4.69) is 25.6 Å². The molecule has 0 unspecified atom stereocenters. The molecule has 0 radical (unpaired) electrons. The van der Waals surface area contributed by atoms with Gasteiger partial charge >= 0.3 is 0 Å². The van der Waals surface area contributed by atoms with Gasteiger partial charge in [-0.1, -0.05) is 0 Å². The number of nitrogens with zero attached hydrogens (tertiary/aromatic N) is 1. The van der Waals surface area contributed by atoms with E-state index in [-0.39, 0.29) is 20.9 Å². The second-order valence-corrected chi connectivity index (χ2v) is 6.13. The number of aromatic nitrogens is 1. The Morgan fingerprint density at radius 2 is 2.05 bits per heavy atom. The van der Waals surface area contributed by atoms with E-state index in [1.807, 2.05) is 0 Å². The predicted molar refractivity (Wildman–Crippen MR) is 73.6 cm³/mol. The van der Waals surface area contributed by atoms with Crippen LogP contribution in [0, 0.1) is 5.82 Å². The lowest BCUT2D eigenvalue weighted by molar-refractivity contribution is 0.601. The minimum atomic E-state index is -3.89. The van der Waals surface area contributed by atoms with Crippen molar-refractivity contribution in [3.05, 3.63) is 46.8 Å². The number of halogens is 2. The van der Waals surface area contributed by atoms with Crippen molar-refractivity contribution in [1.29, 1.82) is 0 Å². The van der Waals surface area contributed by atoms with Gasteiger partial charge in [0.1, 0.15) is 16.5 Å². The van der Waals surface area contributed by atoms with Crippen LogP contribution in [-0.4, -0.2) is 13.4 Å². The minimum Gasteiger partial charge on any atom is -0.383 e. The normalized spacial score (nSPS) is 11.3. The SMILES string of the molecule is Nc1ncccc1S(=O)(=O)Nc1ccc(Br)c(F)c1. The maximum Gasteiger partial charge on any atom is 0.265 e. The Balaban J connectivity index is 2.37. The third-order valence-electron chi connectivity index (χ3n) is 2.26. The zero-order valence-corrected chi connectivity index (χ0v) is 11.9. The van der Waals surface area contributed by atoms with Crippen LogP contribution in [0.4, 0.5) is 15.9 Å². The van der Waals surface area contributed by atoms with E-state index >= 15 is 0 Å². The molecule has 1 aromatic carbocycles. The molecule has 2 aromatic rings.